The van der Waals surface area contributed by atoms with E-state index in [4.69, 9.17) is 9.72 Å². The zero-order chi connectivity index (χ0) is 16.1. The van der Waals surface area contributed by atoms with E-state index in [-0.39, 0.29) is 0 Å². The van der Waals surface area contributed by atoms with Crippen LogP contribution in [0.3, 0.4) is 0 Å². The summed E-state index contributed by atoms with van der Waals surface area (Å²) < 4.78 is 5.64. The molecule has 2 saturated heterocycles. The molecule has 0 spiro atoms. The summed E-state index contributed by atoms with van der Waals surface area (Å²) in [6.07, 6.45) is 0. The van der Waals surface area contributed by atoms with Gasteiger partial charge in [0.2, 0.25) is 11.8 Å². The van der Waals surface area contributed by atoms with E-state index in [9.17, 15) is 5.26 Å². The number of hydrogen-bond donors (Lipinski definition) is 1. The van der Waals surface area contributed by atoms with Crippen LogP contribution in [-0.2, 0) is 0 Å². The van der Waals surface area contributed by atoms with Gasteiger partial charge in [0.05, 0.1) is 6.61 Å². The van der Waals surface area contributed by atoms with Gasteiger partial charge in [0.1, 0.15) is 6.07 Å². The normalized spacial score (nSPS) is 18.6. The highest BCUT2D eigenvalue weighted by molar-refractivity contribution is 7.99. The van der Waals surface area contributed by atoms with Crippen molar-refractivity contribution in [3.05, 3.63) is 5.56 Å². The first-order chi connectivity index (χ1) is 11.3. The maximum absolute atomic E-state index is 9.59. The van der Waals surface area contributed by atoms with Crippen LogP contribution in [0.4, 0.5) is 11.8 Å². The van der Waals surface area contributed by atoms with Gasteiger partial charge in [-0.1, -0.05) is 0 Å². The van der Waals surface area contributed by atoms with Crippen LogP contribution in [0.15, 0.2) is 0 Å². The van der Waals surface area contributed by atoms with Gasteiger partial charge in [-0.3, -0.25) is 0 Å². The number of aromatic nitrogens is 2. The lowest BCUT2D eigenvalue weighted by Crippen LogP contribution is -2.44. The van der Waals surface area contributed by atoms with E-state index in [2.05, 4.69) is 26.2 Å². The van der Waals surface area contributed by atoms with E-state index in [1.165, 1.54) is 0 Å². The molecule has 3 heterocycles. The molecular weight excluding hydrogens is 312 g/mol. The van der Waals surface area contributed by atoms with Gasteiger partial charge in [-0.05, 0) is 6.92 Å². The first-order valence-corrected chi connectivity index (χ1v) is 9.22. The second-order valence-corrected chi connectivity index (χ2v) is 6.63. The molecule has 0 atom stereocenters. The van der Waals surface area contributed by atoms with Gasteiger partial charge in [-0.2, -0.15) is 27.0 Å². The summed E-state index contributed by atoms with van der Waals surface area (Å²) in [6, 6.07) is 2.25. The predicted octanol–water partition coefficient (Wildman–Crippen LogP) is 0.710. The van der Waals surface area contributed by atoms with Gasteiger partial charge >= 0.3 is 0 Å². The molecule has 0 aromatic carbocycles. The van der Waals surface area contributed by atoms with Crippen molar-refractivity contribution in [1.82, 2.24) is 15.3 Å². The summed E-state index contributed by atoms with van der Waals surface area (Å²) in [5, 5.41) is 12.9. The average Bonchev–Trinajstić information content (AvgIpc) is 2.63. The Bertz CT molecular complexity index is 578. The van der Waals surface area contributed by atoms with Crippen LogP contribution in [0, 0.1) is 11.3 Å². The Balaban J connectivity index is 1.99. The van der Waals surface area contributed by atoms with E-state index < -0.39 is 0 Å². The Hall–Kier alpha value is -1.72. The van der Waals surface area contributed by atoms with Crippen molar-refractivity contribution in [3.63, 3.8) is 0 Å². The zero-order valence-corrected chi connectivity index (χ0v) is 14.2. The van der Waals surface area contributed by atoms with Gasteiger partial charge in [0, 0.05) is 50.8 Å². The van der Waals surface area contributed by atoms with Crippen LogP contribution in [0.1, 0.15) is 12.5 Å². The number of piperazine rings is 1. The van der Waals surface area contributed by atoms with Gasteiger partial charge in [-0.25, -0.2) is 0 Å². The smallest absolute Gasteiger partial charge is 0.238 e. The van der Waals surface area contributed by atoms with E-state index in [0.717, 1.165) is 56.6 Å². The molecule has 1 aromatic rings. The van der Waals surface area contributed by atoms with Crippen LogP contribution < -0.4 is 19.9 Å². The Morgan fingerprint density at radius 1 is 1.17 bits per heavy atom. The Morgan fingerprint density at radius 3 is 2.57 bits per heavy atom. The molecule has 0 saturated carbocycles. The van der Waals surface area contributed by atoms with Crippen molar-refractivity contribution in [2.45, 2.75) is 6.92 Å². The highest BCUT2D eigenvalue weighted by Crippen LogP contribution is 2.30. The van der Waals surface area contributed by atoms with Crippen molar-refractivity contribution in [2.24, 2.45) is 0 Å². The summed E-state index contributed by atoms with van der Waals surface area (Å²) in [6.45, 7) is 7.78. The third-order valence-corrected chi connectivity index (χ3v) is 4.89. The third-order valence-electron chi connectivity index (χ3n) is 3.95. The van der Waals surface area contributed by atoms with E-state index >= 15 is 0 Å². The lowest BCUT2D eigenvalue weighted by atomic mass is 10.2. The summed E-state index contributed by atoms with van der Waals surface area (Å²) in [4.78, 5) is 13.6. The van der Waals surface area contributed by atoms with Crippen LogP contribution in [-0.4, -0.2) is 67.3 Å². The van der Waals surface area contributed by atoms with Gasteiger partial charge in [0.25, 0.3) is 0 Å². The second-order valence-electron chi connectivity index (χ2n) is 5.41. The van der Waals surface area contributed by atoms with Crippen molar-refractivity contribution in [3.8, 4) is 11.9 Å². The maximum Gasteiger partial charge on any atom is 0.238 e. The number of nitriles is 1. The molecule has 0 radical (unpaired) electrons. The SMILES string of the molecule is CCOc1nc(N2CCNCC2)nc(N2CCSCC2)c1C#N. The molecule has 2 fully saturated rings. The maximum atomic E-state index is 9.59. The molecule has 1 aromatic heterocycles. The lowest BCUT2D eigenvalue weighted by Gasteiger charge is -2.31. The van der Waals surface area contributed by atoms with Gasteiger partial charge < -0.3 is 19.9 Å². The molecular formula is C15H22N6OS. The average molecular weight is 334 g/mol. The van der Waals surface area contributed by atoms with Crippen molar-refractivity contribution in [1.29, 1.82) is 5.26 Å². The number of nitrogens with one attached hydrogen (secondary N) is 1. The number of ether oxygens (including phenoxy) is 1. The molecule has 7 nitrogen and oxygen atoms in total. The molecule has 3 rings (SSSR count). The largest absolute Gasteiger partial charge is 0.477 e. The van der Waals surface area contributed by atoms with Gasteiger partial charge in [-0.15, -0.1) is 0 Å². The molecule has 0 bridgehead atoms. The Morgan fingerprint density at radius 2 is 1.91 bits per heavy atom. The first-order valence-electron chi connectivity index (χ1n) is 8.06. The van der Waals surface area contributed by atoms with Crippen molar-refractivity contribution >= 4 is 23.5 Å². The van der Waals surface area contributed by atoms with Crippen LogP contribution in [0.2, 0.25) is 0 Å². The molecule has 2 aliphatic heterocycles. The monoisotopic (exact) mass is 334 g/mol. The Kier molecular flexibility index (Phi) is 5.41. The number of rotatable bonds is 4. The molecule has 124 valence electrons. The second kappa shape index (κ2) is 7.70. The Labute approximate surface area is 141 Å². The van der Waals surface area contributed by atoms with E-state index in [1.54, 1.807) is 0 Å². The highest BCUT2D eigenvalue weighted by atomic mass is 32.2. The van der Waals surface area contributed by atoms with Crippen molar-refractivity contribution in [2.75, 3.05) is 67.2 Å². The quantitative estimate of drug-likeness (QED) is 0.863. The number of thioether (sulfide) groups is 1. The minimum Gasteiger partial charge on any atom is -0.477 e. The molecule has 2 aliphatic rings. The molecule has 0 aliphatic carbocycles. The van der Waals surface area contributed by atoms with E-state index in [1.807, 2.05) is 18.7 Å². The standard InChI is InChI=1S/C15H22N6OS/c1-2-22-14-12(11-16)13(20-7-9-23-10-8-20)18-15(19-14)21-5-3-17-4-6-21/h17H,2-10H2,1H3. The summed E-state index contributed by atoms with van der Waals surface area (Å²) in [7, 11) is 0. The van der Waals surface area contributed by atoms with Crippen LogP contribution in [0.25, 0.3) is 0 Å². The fraction of sp³-hybridized carbons (Fsp3) is 0.667. The zero-order valence-electron chi connectivity index (χ0n) is 13.4. The van der Waals surface area contributed by atoms with Crippen LogP contribution in [0.5, 0.6) is 5.88 Å². The minimum atomic E-state index is 0.409. The fourth-order valence-corrected chi connectivity index (χ4v) is 3.67. The van der Waals surface area contributed by atoms with Gasteiger partial charge in [0.15, 0.2) is 11.4 Å². The molecule has 1 N–H and O–H groups in total. The molecule has 0 amide bonds. The summed E-state index contributed by atoms with van der Waals surface area (Å²) in [5.41, 5.74) is 0.456. The summed E-state index contributed by atoms with van der Waals surface area (Å²) >= 11 is 1.94. The summed E-state index contributed by atoms with van der Waals surface area (Å²) in [5.74, 6) is 3.91. The molecule has 8 heteroatoms. The lowest BCUT2D eigenvalue weighted by molar-refractivity contribution is 0.325. The number of hydrogen-bond acceptors (Lipinski definition) is 8. The van der Waals surface area contributed by atoms with E-state index in [0.29, 0.717) is 24.0 Å². The molecule has 0 unspecified atom stereocenters. The fourth-order valence-electron chi connectivity index (χ4n) is 2.77. The predicted molar refractivity (Wildman–Crippen MR) is 92.5 cm³/mol. The third kappa shape index (κ3) is 3.62. The highest BCUT2D eigenvalue weighted by Gasteiger charge is 2.24. The topological polar surface area (TPSA) is 77.3 Å². The van der Waals surface area contributed by atoms with Crippen molar-refractivity contribution < 1.29 is 4.74 Å². The number of nitrogens with zero attached hydrogens (tertiary/aromatic N) is 5. The molecule has 23 heavy (non-hydrogen) atoms. The minimum absolute atomic E-state index is 0.409. The van der Waals surface area contributed by atoms with Crippen LogP contribution >= 0.6 is 11.8 Å². The first kappa shape index (κ1) is 16.1. The number of anilines is 2.